The Morgan fingerprint density at radius 1 is 1.27 bits per heavy atom. The summed E-state index contributed by atoms with van der Waals surface area (Å²) in [5.74, 6) is 1.27. The third kappa shape index (κ3) is 3.28. The van der Waals surface area contributed by atoms with Gasteiger partial charge < -0.3 is 9.47 Å². The minimum absolute atomic E-state index is 0.330. The summed E-state index contributed by atoms with van der Waals surface area (Å²) in [7, 11) is 2.48. The predicted octanol–water partition coefficient (Wildman–Crippen LogP) is 1.14. The third-order valence-electron chi connectivity index (χ3n) is 2.27. The van der Waals surface area contributed by atoms with E-state index in [9.17, 15) is 9.59 Å². The van der Waals surface area contributed by atoms with E-state index in [4.69, 9.17) is 6.42 Å². The van der Waals surface area contributed by atoms with Gasteiger partial charge in [0.15, 0.2) is 5.41 Å². The molecule has 4 heteroatoms. The molecule has 0 spiro atoms. The van der Waals surface area contributed by atoms with E-state index in [1.807, 2.05) is 0 Å². The Labute approximate surface area is 89.9 Å². The van der Waals surface area contributed by atoms with Crippen molar-refractivity contribution in [3.05, 3.63) is 0 Å². The monoisotopic (exact) mass is 212 g/mol. The molecule has 0 fully saturated rings. The number of hydrogen-bond donors (Lipinski definition) is 0. The number of terminal acetylenes is 1. The first-order valence-corrected chi connectivity index (χ1v) is 4.63. The number of carbonyl (C=O) groups excluding carboxylic acids is 2. The van der Waals surface area contributed by atoms with Gasteiger partial charge in [0.1, 0.15) is 0 Å². The highest BCUT2D eigenvalue weighted by Crippen LogP contribution is 2.27. The molecule has 0 unspecified atom stereocenters. The van der Waals surface area contributed by atoms with Crippen molar-refractivity contribution in [2.24, 2.45) is 5.41 Å². The van der Waals surface area contributed by atoms with Gasteiger partial charge in [-0.2, -0.15) is 0 Å². The van der Waals surface area contributed by atoms with Crippen LogP contribution in [0, 0.1) is 17.8 Å². The average molecular weight is 212 g/mol. The maximum atomic E-state index is 11.5. The second-order valence-corrected chi connectivity index (χ2v) is 3.37. The first-order chi connectivity index (χ1) is 7.02. The second-order valence-electron chi connectivity index (χ2n) is 3.37. The number of carbonyl (C=O) groups is 2. The highest BCUT2D eigenvalue weighted by Gasteiger charge is 2.42. The molecule has 0 bridgehead atoms. The zero-order valence-corrected chi connectivity index (χ0v) is 9.33. The summed E-state index contributed by atoms with van der Waals surface area (Å²) >= 11 is 0. The summed E-state index contributed by atoms with van der Waals surface area (Å²) in [4.78, 5) is 22.9. The Hall–Kier alpha value is -1.50. The third-order valence-corrected chi connectivity index (χ3v) is 2.27. The minimum atomic E-state index is -1.25. The molecule has 84 valence electrons. The van der Waals surface area contributed by atoms with Crippen LogP contribution in [-0.2, 0) is 19.1 Å². The molecule has 15 heavy (non-hydrogen) atoms. The lowest BCUT2D eigenvalue weighted by molar-refractivity contribution is -0.168. The average Bonchev–Trinajstić information content (AvgIpc) is 2.26. The fourth-order valence-corrected chi connectivity index (χ4v) is 1.28. The first kappa shape index (κ1) is 13.5. The van der Waals surface area contributed by atoms with Gasteiger partial charge in [0, 0.05) is 6.42 Å². The molecule has 0 heterocycles. The number of methoxy groups -OCH3 is 2. The molecule has 0 aliphatic carbocycles. The van der Waals surface area contributed by atoms with Gasteiger partial charge in [0.25, 0.3) is 0 Å². The molecular weight excluding hydrogens is 196 g/mol. The number of rotatable bonds is 5. The largest absolute Gasteiger partial charge is 0.468 e. The van der Waals surface area contributed by atoms with Crippen LogP contribution in [-0.4, -0.2) is 26.2 Å². The smallest absolute Gasteiger partial charge is 0.322 e. The van der Waals surface area contributed by atoms with Crippen LogP contribution in [0.4, 0.5) is 0 Å². The van der Waals surface area contributed by atoms with Crippen molar-refractivity contribution < 1.29 is 19.1 Å². The van der Waals surface area contributed by atoms with Gasteiger partial charge in [0.2, 0.25) is 0 Å². The van der Waals surface area contributed by atoms with E-state index in [1.165, 1.54) is 21.1 Å². The molecule has 0 saturated carbocycles. The van der Waals surface area contributed by atoms with Crippen molar-refractivity contribution in [3.8, 4) is 12.3 Å². The van der Waals surface area contributed by atoms with Crippen molar-refractivity contribution in [2.45, 2.75) is 26.2 Å². The highest BCUT2D eigenvalue weighted by molar-refractivity contribution is 5.99. The maximum absolute atomic E-state index is 11.5. The van der Waals surface area contributed by atoms with Crippen LogP contribution in [0.5, 0.6) is 0 Å². The molecule has 0 amide bonds. The molecule has 0 radical (unpaired) electrons. The molecule has 4 nitrogen and oxygen atoms in total. The van der Waals surface area contributed by atoms with Crippen molar-refractivity contribution in [1.29, 1.82) is 0 Å². The van der Waals surface area contributed by atoms with Crippen LogP contribution in [0.15, 0.2) is 0 Å². The van der Waals surface area contributed by atoms with Crippen LogP contribution < -0.4 is 0 Å². The summed E-state index contributed by atoms with van der Waals surface area (Å²) in [5, 5.41) is 0. The first-order valence-electron chi connectivity index (χ1n) is 4.63. The van der Waals surface area contributed by atoms with E-state index in [1.54, 1.807) is 0 Å². The molecule has 0 N–H and O–H groups in total. The molecule has 0 aromatic rings. The van der Waals surface area contributed by atoms with Gasteiger partial charge in [0.05, 0.1) is 14.2 Å². The fourth-order valence-electron chi connectivity index (χ4n) is 1.28. The molecular formula is C11H16O4. The van der Waals surface area contributed by atoms with Gasteiger partial charge in [-0.3, -0.25) is 9.59 Å². The molecule has 0 aliphatic rings. The van der Waals surface area contributed by atoms with E-state index in [2.05, 4.69) is 15.4 Å². The van der Waals surface area contributed by atoms with Gasteiger partial charge in [-0.25, -0.2) is 0 Å². The van der Waals surface area contributed by atoms with Gasteiger partial charge in [-0.1, -0.05) is 0 Å². The summed E-state index contributed by atoms with van der Waals surface area (Å²) in [5.41, 5.74) is -1.25. The van der Waals surface area contributed by atoms with E-state index in [0.29, 0.717) is 19.3 Å². The van der Waals surface area contributed by atoms with E-state index in [-0.39, 0.29) is 0 Å². The lowest BCUT2D eigenvalue weighted by Gasteiger charge is -2.23. The van der Waals surface area contributed by atoms with Crippen molar-refractivity contribution in [3.63, 3.8) is 0 Å². The molecule has 0 aromatic carbocycles. The molecule has 0 aliphatic heterocycles. The van der Waals surface area contributed by atoms with Crippen molar-refractivity contribution in [1.82, 2.24) is 0 Å². The van der Waals surface area contributed by atoms with Crippen LogP contribution >= 0.6 is 0 Å². The van der Waals surface area contributed by atoms with Crippen molar-refractivity contribution >= 4 is 11.9 Å². The Morgan fingerprint density at radius 3 is 2.07 bits per heavy atom. The standard InChI is InChI=1S/C11H16O4/c1-5-6-7-8-11(2,9(12)14-3)10(13)15-4/h1H,6-8H2,2-4H3. The highest BCUT2D eigenvalue weighted by atomic mass is 16.5. The summed E-state index contributed by atoms with van der Waals surface area (Å²) < 4.78 is 9.16. The Bertz CT molecular complexity index is 259. The Morgan fingerprint density at radius 2 is 1.73 bits per heavy atom. The Balaban J connectivity index is 4.64. The van der Waals surface area contributed by atoms with Crippen LogP contribution in [0.1, 0.15) is 26.2 Å². The van der Waals surface area contributed by atoms with Crippen LogP contribution in [0.2, 0.25) is 0 Å². The van der Waals surface area contributed by atoms with E-state index < -0.39 is 17.4 Å². The fraction of sp³-hybridized carbons (Fsp3) is 0.636. The van der Waals surface area contributed by atoms with E-state index in [0.717, 1.165) is 0 Å². The summed E-state index contributed by atoms with van der Waals surface area (Å²) in [6.45, 7) is 1.50. The second kappa shape index (κ2) is 6.07. The zero-order valence-electron chi connectivity index (χ0n) is 9.33. The van der Waals surface area contributed by atoms with Gasteiger partial charge in [-0.15, -0.1) is 12.3 Å². The topological polar surface area (TPSA) is 52.6 Å². The number of unbranched alkanes of at least 4 members (excludes halogenated alkanes) is 1. The predicted molar refractivity (Wildman–Crippen MR) is 54.8 cm³/mol. The van der Waals surface area contributed by atoms with Crippen LogP contribution in [0.3, 0.4) is 0 Å². The normalized spacial score (nSPS) is 10.3. The Kier molecular flexibility index (Phi) is 5.46. The lowest BCUT2D eigenvalue weighted by atomic mass is 9.85. The van der Waals surface area contributed by atoms with Gasteiger partial charge >= 0.3 is 11.9 Å². The van der Waals surface area contributed by atoms with Gasteiger partial charge in [-0.05, 0) is 19.8 Å². The molecule has 0 aromatic heterocycles. The maximum Gasteiger partial charge on any atom is 0.322 e. The summed E-state index contributed by atoms with van der Waals surface area (Å²) in [6.07, 6.45) is 6.52. The number of ether oxygens (including phenoxy) is 2. The minimum Gasteiger partial charge on any atom is -0.468 e. The SMILES string of the molecule is C#CCCCC(C)(C(=O)OC)C(=O)OC. The number of esters is 2. The summed E-state index contributed by atoms with van der Waals surface area (Å²) in [6, 6.07) is 0. The van der Waals surface area contributed by atoms with E-state index >= 15 is 0 Å². The molecule has 0 saturated heterocycles. The molecule has 0 atom stereocenters. The van der Waals surface area contributed by atoms with Crippen LogP contribution in [0.25, 0.3) is 0 Å². The lowest BCUT2D eigenvalue weighted by Crippen LogP contribution is -2.38. The number of hydrogen-bond acceptors (Lipinski definition) is 4. The quantitative estimate of drug-likeness (QED) is 0.297. The van der Waals surface area contributed by atoms with Crippen molar-refractivity contribution in [2.75, 3.05) is 14.2 Å². The molecule has 0 rings (SSSR count). The zero-order chi connectivity index (χ0) is 11.9.